The first-order valence-electron chi connectivity index (χ1n) is 11.8. The number of carbonyl (C=O) groups is 1. The molecule has 0 bridgehead atoms. The summed E-state index contributed by atoms with van der Waals surface area (Å²) in [4.78, 5) is 15.8. The zero-order chi connectivity index (χ0) is 23.5. The van der Waals surface area contributed by atoms with Crippen molar-refractivity contribution in [2.75, 3.05) is 0 Å². The minimum absolute atomic E-state index is 0.157. The number of hydrogen-bond acceptors (Lipinski definition) is 8. The fraction of sp³-hybridized carbons (Fsp3) is 0.708. The average molecular weight is 465 g/mol. The van der Waals surface area contributed by atoms with Gasteiger partial charge in [0.2, 0.25) is 0 Å². The second kappa shape index (κ2) is 8.48. The Morgan fingerprint density at radius 3 is 2.61 bits per heavy atom. The number of rotatable bonds is 4. The van der Waals surface area contributed by atoms with Crippen LogP contribution in [-0.4, -0.2) is 68.5 Å². The van der Waals surface area contributed by atoms with E-state index in [0.29, 0.717) is 23.5 Å². The molecule has 1 aromatic rings. The summed E-state index contributed by atoms with van der Waals surface area (Å²) in [5, 5.41) is 48.8. The number of ether oxygens (including phenoxy) is 2. The van der Waals surface area contributed by atoms with Gasteiger partial charge in [0.1, 0.15) is 18.3 Å². The van der Waals surface area contributed by atoms with Gasteiger partial charge in [-0.15, -0.1) is 0 Å². The van der Waals surface area contributed by atoms with Crippen molar-refractivity contribution in [2.24, 2.45) is 17.3 Å². The fourth-order valence-corrected chi connectivity index (χ4v) is 7.12. The number of fused-ring (bicyclic) bond motifs is 5. The summed E-state index contributed by atoms with van der Waals surface area (Å²) < 4.78 is 11.6. The maximum absolute atomic E-state index is 11.4. The standard InChI is InChI=1S/C24H32O9/c1-24-9-8-14-13-5-3-12(33-30)10-11(13)2-4-15(14)16(24)6-7-17(24)31-23-20(27)18(25)19(26)21(32-23)22(28)29/h3,5,10,14-21,23,25-27,30H,2,4,6-9H2,1H3,(H,28,29)/t14-,15-,16+,17+,18+,19+,20-,21+,23-,24+/m1/s1. The summed E-state index contributed by atoms with van der Waals surface area (Å²) in [7, 11) is 0. The van der Waals surface area contributed by atoms with Crippen LogP contribution in [0.15, 0.2) is 18.2 Å². The lowest BCUT2D eigenvalue weighted by atomic mass is 9.55. The second-order valence-electron chi connectivity index (χ2n) is 10.3. The summed E-state index contributed by atoms with van der Waals surface area (Å²) in [6, 6.07) is 5.78. The number of aryl methyl sites for hydroxylation is 1. The summed E-state index contributed by atoms with van der Waals surface area (Å²) in [5.41, 5.74) is 2.39. The zero-order valence-electron chi connectivity index (χ0n) is 18.5. The van der Waals surface area contributed by atoms with E-state index >= 15 is 0 Å². The van der Waals surface area contributed by atoms with Crippen LogP contribution in [0, 0.1) is 17.3 Å². The van der Waals surface area contributed by atoms with Gasteiger partial charge in [-0.1, -0.05) is 13.0 Å². The van der Waals surface area contributed by atoms with Crippen molar-refractivity contribution in [1.82, 2.24) is 0 Å². The van der Waals surface area contributed by atoms with Crippen molar-refractivity contribution in [3.05, 3.63) is 29.3 Å². The van der Waals surface area contributed by atoms with Crippen LogP contribution in [-0.2, 0) is 20.7 Å². The van der Waals surface area contributed by atoms with E-state index in [0.717, 1.165) is 38.5 Å². The van der Waals surface area contributed by atoms with Crippen LogP contribution in [0.4, 0.5) is 0 Å². The van der Waals surface area contributed by atoms with Crippen molar-refractivity contribution >= 4 is 5.97 Å². The van der Waals surface area contributed by atoms with E-state index in [4.69, 9.17) is 14.7 Å². The summed E-state index contributed by atoms with van der Waals surface area (Å²) >= 11 is 0. The molecular formula is C24H32O9. The van der Waals surface area contributed by atoms with Gasteiger partial charge in [-0.2, -0.15) is 0 Å². The van der Waals surface area contributed by atoms with Gasteiger partial charge in [0.15, 0.2) is 18.1 Å². The van der Waals surface area contributed by atoms with Gasteiger partial charge in [0.25, 0.3) is 0 Å². The molecule has 1 saturated heterocycles. The summed E-state index contributed by atoms with van der Waals surface area (Å²) in [6.45, 7) is 2.21. The van der Waals surface area contributed by atoms with Crippen LogP contribution in [0.5, 0.6) is 5.75 Å². The second-order valence-corrected chi connectivity index (χ2v) is 10.3. The highest BCUT2D eigenvalue weighted by Gasteiger charge is 2.57. The number of aliphatic hydroxyl groups is 3. The Balaban J connectivity index is 1.33. The van der Waals surface area contributed by atoms with E-state index < -0.39 is 36.7 Å². The SMILES string of the molecule is C[C@]12CC[C@@H]3c4ccc(OO)cc4CC[C@H]3[C@@H]1CC[C@@H]2O[C@@H]1O[C@H](C(=O)O)[C@@H](O)[C@H](O)[C@H]1O. The van der Waals surface area contributed by atoms with Crippen molar-refractivity contribution in [2.45, 2.75) is 88.2 Å². The lowest BCUT2D eigenvalue weighted by Crippen LogP contribution is -2.61. The van der Waals surface area contributed by atoms with Gasteiger partial charge < -0.3 is 34.8 Å². The largest absolute Gasteiger partial charge is 0.479 e. The normalized spacial score (nSPS) is 44.5. The van der Waals surface area contributed by atoms with Gasteiger partial charge >= 0.3 is 5.97 Å². The van der Waals surface area contributed by atoms with Crippen molar-refractivity contribution < 1.29 is 44.8 Å². The molecule has 9 heteroatoms. The van der Waals surface area contributed by atoms with Crippen LogP contribution in [0.1, 0.15) is 56.1 Å². The maximum atomic E-state index is 11.4. The Hall–Kier alpha value is -1.75. The Bertz CT molecular complexity index is 906. The first kappa shape index (κ1) is 23.0. The minimum atomic E-state index is -1.72. The molecule has 1 heterocycles. The van der Waals surface area contributed by atoms with E-state index in [-0.39, 0.29) is 11.5 Å². The number of aliphatic hydroxyl groups excluding tert-OH is 3. The maximum Gasteiger partial charge on any atom is 0.335 e. The van der Waals surface area contributed by atoms with E-state index in [1.807, 2.05) is 6.07 Å². The molecule has 0 unspecified atom stereocenters. The third-order valence-corrected chi connectivity index (χ3v) is 8.83. The van der Waals surface area contributed by atoms with Crippen molar-refractivity contribution in [1.29, 1.82) is 0 Å². The first-order valence-corrected chi connectivity index (χ1v) is 11.8. The molecule has 1 aromatic carbocycles. The number of hydrogen-bond donors (Lipinski definition) is 5. The van der Waals surface area contributed by atoms with Gasteiger partial charge in [-0.25, -0.2) is 10.1 Å². The lowest BCUT2D eigenvalue weighted by molar-refractivity contribution is -0.312. The minimum Gasteiger partial charge on any atom is -0.479 e. The molecule has 33 heavy (non-hydrogen) atoms. The van der Waals surface area contributed by atoms with Crippen LogP contribution in [0.3, 0.4) is 0 Å². The molecule has 5 rings (SSSR count). The highest BCUT2D eigenvalue weighted by Crippen LogP contribution is 2.61. The molecule has 10 atom stereocenters. The van der Waals surface area contributed by atoms with Crippen LogP contribution < -0.4 is 4.89 Å². The van der Waals surface area contributed by atoms with Crippen LogP contribution in [0.25, 0.3) is 0 Å². The zero-order valence-corrected chi connectivity index (χ0v) is 18.5. The third-order valence-electron chi connectivity index (χ3n) is 8.83. The average Bonchev–Trinajstić information content (AvgIpc) is 3.14. The van der Waals surface area contributed by atoms with Crippen molar-refractivity contribution in [3.8, 4) is 5.75 Å². The fourth-order valence-electron chi connectivity index (χ4n) is 7.12. The Morgan fingerprint density at radius 1 is 1.09 bits per heavy atom. The van der Waals surface area contributed by atoms with Gasteiger partial charge in [-0.05, 0) is 85.0 Å². The third kappa shape index (κ3) is 3.66. The van der Waals surface area contributed by atoms with Crippen molar-refractivity contribution in [3.63, 3.8) is 0 Å². The molecule has 0 spiro atoms. The summed E-state index contributed by atoms with van der Waals surface area (Å²) in [5.74, 6) is 0.383. The molecule has 9 nitrogen and oxygen atoms in total. The predicted octanol–water partition coefficient (Wildman–Crippen LogP) is 1.67. The first-order chi connectivity index (χ1) is 15.7. The van der Waals surface area contributed by atoms with Crippen LogP contribution >= 0.6 is 0 Å². The molecule has 1 aliphatic heterocycles. The molecule has 4 aliphatic rings. The van der Waals surface area contributed by atoms with Gasteiger partial charge in [0.05, 0.1) is 6.10 Å². The molecular weight excluding hydrogens is 432 g/mol. The topological polar surface area (TPSA) is 146 Å². The molecule has 5 N–H and O–H groups in total. The highest BCUT2D eigenvalue weighted by atomic mass is 17.1. The number of benzene rings is 1. The van der Waals surface area contributed by atoms with Gasteiger partial charge in [-0.3, -0.25) is 0 Å². The van der Waals surface area contributed by atoms with E-state index in [9.17, 15) is 25.2 Å². The highest BCUT2D eigenvalue weighted by molar-refractivity contribution is 5.73. The van der Waals surface area contributed by atoms with E-state index in [2.05, 4.69) is 17.9 Å². The molecule has 182 valence electrons. The monoisotopic (exact) mass is 464 g/mol. The molecule has 0 aromatic heterocycles. The lowest BCUT2D eigenvalue weighted by Gasteiger charge is -2.51. The number of carboxylic acid groups (broad SMARTS) is 1. The van der Waals surface area contributed by atoms with E-state index in [1.54, 1.807) is 6.07 Å². The number of carboxylic acids is 1. The smallest absolute Gasteiger partial charge is 0.335 e. The molecule has 2 saturated carbocycles. The predicted molar refractivity (Wildman–Crippen MR) is 114 cm³/mol. The van der Waals surface area contributed by atoms with E-state index in [1.165, 1.54) is 11.1 Å². The number of aliphatic carboxylic acids is 1. The molecule has 3 aliphatic carbocycles. The molecule has 3 fully saturated rings. The Kier molecular flexibility index (Phi) is 5.91. The Labute approximate surface area is 191 Å². The van der Waals surface area contributed by atoms with Crippen LogP contribution in [0.2, 0.25) is 0 Å². The molecule has 0 amide bonds. The Morgan fingerprint density at radius 2 is 1.88 bits per heavy atom. The molecule has 0 radical (unpaired) electrons. The summed E-state index contributed by atoms with van der Waals surface area (Å²) in [6.07, 6.45) is -2.55. The quantitative estimate of drug-likeness (QED) is 0.332. The van der Waals surface area contributed by atoms with Gasteiger partial charge in [0, 0.05) is 0 Å².